The third kappa shape index (κ3) is 9.98. The largest absolute Gasteiger partial charge is 0.462 e. The van der Waals surface area contributed by atoms with Crippen molar-refractivity contribution in [2.75, 3.05) is 19.8 Å². The van der Waals surface area contributed by atoms with Crippen LogP contribution in [0.3, 0.4) is 0 Å². The molecule has 0 radical (unpaired) electrons. The summed E-state index contributed by atoms with van der Waals surface area (Å²) in [5.74, 6) is -0.329. The zero-order valence-corrected chi connectivity index (χ0v) is 25.3. The van der Waals surface area contributed by atoms with Crippen LogP contribution in [0.1, 0.15) is 73.4 Å². The monoisotopic (exact) mass is 556 g/mol. The fourth-order valence-corrected chi connectivity index (χ4v) is 5.29. The number of esters is 1. The molecule has 41 heavy (non-hydrogen) atoms. The summed E-state index contributed by atoms with van der Waals surface area (Å²) in [4.78, 5) is 11.5. The number of aryl methyl sites for hydroxylation is 6. The van der Waals surface area contributed by atoms with Crippen molar-refractivity contribution >= 4 is 5.97 Å². The van der Waals surface area contributed by atoms with E-state index in [-0.39, 0.29) is 25.1 Å². The van der Waals surface area contributed by atoms with Crippen LogP contribution in [0.4, 0.5) is 0 Å². The van der Waals surface area contributed by atoms with Crippen LogP contribution in [-0.2, 0) is 48.1 Å². The van der Waals surface area contributed by atoms with Gasteiger partial charge in [-0.3, -0.25) is 0 Å². The first kappa shape index (κ1) is 32.3. The standard InChI is InChI=1S/C37H48O4/c1-5-32-24-35(36-21-17-30(23-33(36)6-2)9-7-10-31(25-38)26-39)20-19-34(32)18-16-29-14-12-28(13-15-29)11-8-22-41-37(40)27(3)4/h12-15,17,19-21,23-24,31,38-39H,3,5-11,16,18,22,25-26H2,1-2,4H3. The summed E-state index contributed by atoms with van der Waals surface area (Å²) < 4.78 is 5.19. The molecule has 0 bridgehead atoms. The van der Waals surface area contributed by atoms with Crippen LogP contribution >= 0.6 is 0 Å². The lowest BCUT2D eigenvalue weighted by atomic mass is 9.90. The molecule has 0 aliphatic carbocycles. The first-order valence-electron chi connectivity index (χ1n) is 15.2. The molecule has 0 aromatic heterocycles. The normalized spacial score (nSPS) is 11.2. The van der Waals surface area contributed by atoms with E-state index in [2.05, 4.69) is 81.1 Å². The van der Waals surface area contributed by atoms with Crippen molar-refractivity contribution in [2.45, 2.75) is 78.6 Å². The van der Waals surface area contributed by atoms with Gasteiger partial charge in [0.25, 0.3) is 0 Å². The average Bonchev–Trinajstić information content (AvgIpc) is 3.00. The van der Waals surface area contributed by atoms with E-state index < -0.39 is 0 Å². The van der Waals surface area contributed by atoms with Crippen LogP contribution < -0.4 is 0 Å². The minimum Gasteiger partial charge on any atom is -0.462 e. The number of benzene rings is 3. The summed E-state index contributed by atoms with van der Waals surface area (Å²) >= 11 is 0. The maximum absolute atomic E-state index is 11.5. The first-order chi connectivity index (χ1) is 19.9. The number of aliphatic hydroxyl groups is 2. The van der Waals surface area contributed by atoms with Gasteiger partial charge in [-0.05, 0) is 109 Å². The number of aliphatic hydroxyl groups excluding tert-OH is 2. The lowest BCUT2D eigenvalue weighted by Gasteiger charge is -2.15. The molecule has 0 saturated heterocycles. The van der Waals surface area contributed by atoms with Crippen molar-refractivity contribution in [3.8, 4) is 11.1 Å². The van der Waals surface area contributed by atoms with Gasteiger partial charge in [-0.25, -0.2) is 4.79 Å². The van der Waals surface area contributed by atoms with E-state index in [4.69, 9.17) is 4.74 Å². The van der Waals surface area contributed by atoms with Crippen LogP contribution in [0.2, 0.25) is 0 Å². The molecule has 3 rings (SSSR count). The molecular weight excluding hydrogens is 508 g/mol. The third-order valence-corrected chi connectivity index (χ3v) is 7.94. The molecule has 0 unspecified atom stereocenters. The number of hydrogen-bond acceptors (Lipinski definition) is 4. The molecule has 3 aromatic carbocycles. The molecule has 4 nitrogen and oxygen atoms in total. The second kappa shape index (κ2) is 16.9. The molecule has 0 heterocycles. The molecule has 3 aromatic rings. The predicted molar refractivity (Wildman–Crippen MR) is 169 cm³/mol. The fourth-order valence-electron chi connectivity index (χ4n) is 5.29. The quantitative estimate of drug-likeness (QED) is 0.104. The predicted octanol–water partition coefficient (Wildman–Crippen LogP) is 7.24. The van der Waals surface area contributed by atoms with E-state index >= 15 is 0 Å². The van der Waals surface area contributed by atoms with E-state index in [0.717, 1.165) is 57.8 Å². The van der Waals surface area contributed by atoms with Crippen LogP contribution in [0.15, 0.2) is 72.8 Å². The van der Waals surface area contributed by atoms with Crippen molar-refractivity contribution in [1.29, 1.82) is 0 Å². The van der Waals surface area contributed by atoms with Gasteiger partial charge in [0, 0.05) is 24.7 Å². The van der Waals surface area contributed by atoms with Gasteiger partial charge in [0.05, 0.1) is 6.61 Å². The van der Waals surface area contributed by atoms with Crippen LogP contribution in [0.25, 0.3) is 11.1 Å². The van der Waals surface area contributed by atoms with E-state index in [1.165, 1.54) is 44.5 Å². The second-order valence-corrected chi connectivity index (χ2v) is 11.1. The highest BCUT2D eigenvalue weighted by Crippen LogP contribution is 2.29. The summed E-state index contributed by atoms with van der Waals surface area (Å²) in [5, 5.41) is 18.6. The topological polar surface area (TPSA) is 66.8 Å². The van der Waals surface area contributed by atoms with Gasteiger partial charge in [-0.2, -0.15) is 0 Å². The smallest absolute Gasteiger partial charge is 0.333 e. The van der Waals surface area contributed by atoms with E-state index in [0.29, 0.717) is 12.2 Å². The highest BCUT2D eigenvalue weighted by molar-refractivity contribution is 5.86. The van der Waals surface area contributed by atoms with Crippen LogP contribution in [-0.4, -0.2) is 36.0 Å². The Bertz CT molecular complexity index is 1250. The lowest BCUT2D eigenvalue weighted by Crippen LogP contribution is -2.11. The third-order valence-electron chi connectivity index (χ3n) is 7.94. The summed E-state index contributed by atoms with van der Waals surface area (Å²) in [5.41, 5.74) is 11.1. The van der Waals surface area contributed by atoms with Crippen molar-refractivity contribution in [3.05, 3.63) is 106 Å². The second-order valence-electron chi connectivity index (χ2n) is 11.1. The summed E-state index contributed by atoms with van der Waals surface area (Å²) in [6.07, 6.45) is 8.49. The minimum atomic E-state index is -0.317. The van der Waals surface area contributed by atoms with Gasteiger partial charge in [-0.15, -0.1) is 0 Å². The maximum Gasteiger partial charge on any atom is 0.333 e. The molecule has 220 valence electrons. The molecule has 0 amide bonds. The molecule has 0 aliphatic rings. The lowest BCUT2D eigenvalue weighted by molar-refractivity contribution is -0.139. The highest BCUT2D eigenvalue weighted by atomic mass is 16.5. The Labute approximate surface area is 247 Å². The Morgan fingerprint density at radius 3 is 2.02 bits per heavy atom. The molecule has 4 heteroatoms. The molecule has 0 fully saturated rings. The summed E-state index contributed by atoms with van der Waals surface area (Å²) in [7, 11) is 0. The Morgan fingerprint density at radius 1 is 0.756 bits per heavy atom. The Kier molecular flexibility index (Phi) is 13.3. The molecular formula is C37H48O4. The maximum atomic E-state index is 11.5. The Balaban J connectivity index is 1.58. The summed E-state index contributed by atoms with van der Waals surface area (Å²) in [6.45, 7) is 10.3. The number of ether oxygens (including phenoxy) is 1. The van der Waals surface area contributed by atoms with Crippen molar-refractivity contribution in [2.24, 2.45) is 5.92 Å². The molecule has 0 atom stereocenters. The van der Waals surface area contributed by atoms with Gasteiger partial charge >= 0.3 is 5.97 Å². The SMILES string of the molecule is C=C(C)C(=O)OCCCc1ccc(CCc2ccc(-c3ccc(CCCC(CO)CO)cc3CC)cc2CC)cc1. The molecule has 0 saturated carbocycles. The van der Waals surface area contributed by atoms with Gasteiger partial charge in [0.1, 0.15) is 0 Å². The minimum absolute atomic E-state index is 0.0123. The number of hydrogen-bond donors (Lipinski definition) is 2. The van der Waals surface area contributed by atoms with Crippen molar-refractivity contribution in [3.63, 3.8) is 0 Å². The Hall–Kier alpha value is -3.21. The van der Waals surface area contributed by atoms with E-state index in [1.54, 1.807) is 6.92 Å². The highest BCUT2D eigenvalue weighted by Gasteiger charge is 2.11. The van der Waals surface area contributed by atoms with Gasteiger partial charge in [0.2, 0.25) is 0 Å². The van der Waals surface area contributed by atoms with Gasteiger partial charge < -0.3 is 14.9 Å². The fraction of sp³-hybridized carbons (Fsp3) is 0.432. The molecule has 2 N–H and O–H groups in total. The van der Waals surface area contributed by atoms with Gasteiger partial charge in [0.15, 0.2) is 0 Å². The van der Waals surface area contributed by atoms with Crippen molar-refractivity contribution < 1.29 is 19.7 Å². The Morgan fingerprint density at radius 2 is 1.39 bits per heavy atom. The van der Waals surface area contributed by atoms with Crippen LogP contribution in [0.5, 0.6) is 0 Å². The number of carbonyl (C=O) groups is 1. The van der Waals surface area contributed by atoms with E-state index in [1.807, 2.05) is 0 Å². The zero-order chi connectivity index (χ0) is 29.6. The molecule has 0 aliphatic heterocycles. The number of rotatable bonds is 17. The summed E-state index contributed by atoms with van der Waals surface area (Å²) in [6, 6.07) is 22.6. The molecule has 0 spiro atoms. The van der Waals surface area contributed by atoms with Crippen molar-refractivity contribution in [1.82, 2.24) is 0 Å². The van der Waals surface area contributed by atoms with E-state index in [9.17, 15) is 15.0 Å². The van der Waals surface area contributed by atoms with Crippen LogP contribution in [0, 0.1) is 5.92 Å². The first-order valence-corrected chi connectivity index (χ1v) is 15.2. The zero-order valence-electron chi connectivity index (χ0n) is 25.3. The average molecular weight is 557 g/mol. The number of carbonyl (C=O) groups excluding carboxylic acids is 1. The van der Waals surface area contributed by atoms with Gasteiger partial charge in [-0.1, -0.05) is 81.1 Å².